The van der Waals surface area contributed by atoms with Gasteiger partial charge in [-0.1, -0.05) is 55.4 Å². The van der Waals surface area contributed by atoms with Crippen molar-refractivity contribution in [3.63, 3.8) is 0 Å². The van der Waals surface area contributed by atoms with E-state index < -0.39 is 0 Å². The minimum atomic E-state index is 0. The number of rotatable bonds is 0. The van der Waals surface area contributed by atoms with Gasteiger partial charge in [-0.3, -0.25) is 0 Å². The average molecular weight is 458 g/mol. The molecule has 0 saturated heterocycles. The summed E-state index contributed by atoms with van der Waals surface area (Å²) in [5.74, 6) is 0. The van der Waals surface area contributed by atoms with Crippen molar-refractivity contribution in [2.75, 3.05) is 0 Å². The van der Waals surface area contributed by atoms with E-state index in [-0.39, 0.29) is 21.1 Å². The predicted molar refractivity (Wildman–Crippen MR) is 95.9 cm³/mol. The van der Waals surface area contributed by atoms with Gasteiger partial charge in [-0.05, 0) is 0 Å². The maximum Gasteiger partial charge on any atom is 2.00 e. The first kappa shape index (κ1) is 32.2. The summed E-state index contributed by atoms with van der Waals surface area (Å²) in [5, 5.41) is 0. The van der Waals surface area contributed by atoms with E-state index in [2.05, 4.69) is 12.1 Å². The van der Waals surface area contributed by atoms with Crippen LogP contribution in [-0.2, 0) is 21.1 Å². The first-order valence-electron chi connectivity index (χ1n) is 7.82. The molecule has 0 heterocycles. The molecule has 2 aromatic carbocycles. The molecule has 0 nitrogen and oxygen atoms in total. The summed E-state index contributed by atoms with van der Waals surface area (Å²) < 4.78 is 0. The van der Waals surface area contributed by atoms with Gasteiger partial charge >= 0.3 is 21.1 Å². The summed E-state index contributed by atoms with van der Waals surface area (Å²) in [7, 11) is 0. The van der Waals surface area contributed by atoms with Crippen molar-refractivity contribution in [2.45, 2.75) is 55.4 Å². The van der Waals surface area contributed by atoms with Crippen molar-refractivity contribution in [1.29, 1.82) is 0 Å². The second-order valence-electron chi connectivity index (χ2n) is 2.15. The van der Waals surface area contributed by atoms with Crippen LogP contribution in [0.5, 0.6) is 0 Å². The van der Waals surface area contributed by atoms with Crippen LogP contribution in [0.1, 0.15) is 55.4 Å². The minimum Gasteiger partial charge on any atom is -0.184 e. The maximum atomic E-state index is 2.89. The van der Waals surface area contributed by atoms with Crippen LogP contribution in [0.2, 0.25) is 0 Å². The Labute approximate surface area is 149 Å². The summed E-state index contributed by atoms with van der Waals surface area (Å²) in [6.07, 6.45) is 0. The molecule has 1 heteroatoms. The maximum absolute atomic E-state index is 2.89. The van der Waals surface area contributed by atoms with E-state index >= 15 is 0 Å². The first-order valence-corrected chi connectivity index (χ1v) is 7.82. The standard InChI is InChI=1S/2C6H5.4C2H6.W/c2*1-2-4-6-5-3-1;4*1-2;/h2*1-5H;4*1-2H3;/q2*-1;;;;;+2. The Balaban J connectivity index is -0.0000000539. The first-order chi connectivity index (χ1) is 10.0. The van der Waals surface area contributed by atoms with Gasteiger partial charge in [0, 0.05) is 0 Å². The molecule has 120 valence electrons. The van der Waals surface area contributed by atoms with Crippen molar-refractivity contribution in [2.24, 2.45) is 0 Å². The van der Waals surface area contributed by atoms with E-state index in [1.165, 1.54) is 0 Å². The van der Waals surface area contributed by atoms with E-state index in [0.717, 1.165) is 0 Å². The molecule has 21 heavy (non-hydrogen) atoms. The number of hydrogen-bond acceptors (Lipinski definition) is 0. The normalized spacial score (nSPS) is 5.71. The molecule has 0 fully saturated rings. The summed E-state index contributed by atoms with van der Waals surface area (Å²) in [4.78, 5) is 0. The van der Waals surface area contributed by atoms with Crippen molar-refractivity contribution in [3.8, 4) is 0 Å². The summed E-state index contributed by atoms with van der Waals surface area (Å²) in [6, 6.07) is 25.0. The third kappa shape index (κ3) is 45.3. The topological polar surface area (TPSA) is 0 Å². The molecule has 0 aliphatic rings. The van der Waals surface area contributed by atoms with Crippen molar-refractivity contribution in [3.05, 3.63) is 72.8 Å². The van der Waals surface area contributed by atoms with Crippen molar-refractivity contribution >= 4 is 0 Å². The molecule has 2 rings (SSSR count). The third-order valence-corrected chi connectivity index (χ3v) is 1.21. The van der Waals surface area contributed by atoms with Crippen LogP contribution in [0.3, 0.4) is 0 Å². The zero-order chi connectivity index (χ0) is 16.5. The van der Waals surface area contributed by atoms with Gasteiger partial charge in [-0.15, -0.1) is 0 Å². The molecule has 0 aliphatic carbocycles. The van der Waals surface area contributed by atoms with Gasteiger partial charge in [-0.2, -0.15) is 72.8 Å². The van der Waals surface area contributed by atoms with Crippen LogP contribution in [0, 0.1) is 12.1 Å². The molecule has 0 bridgehead atoms. The Morgan fingerprint density at radius 3 is 0.619 bits per heavy atom. The zero-order valence-electron chi connectivity index (χ0n) is 15.2. The van der Waals surface area contributed by atoms with Crippen LogP contribution < -0.4 is 0 Å². The number of hydrogen-bond donors (Lipinski definition) is 0. The molecule has 0 atom stereocenters. The van der Waals surface area contributed by atoms with Gasteiger partial charge in [0.25, 0.3) is 0 Å². The van der Waals surface area contributed by atoms with Gasteiger partial charge in [-0.25, -0.2) is 0 Å². The summed E-state index contributed by atoms with van der Waals surface area (Å²) in [6.45, 7) is 16.0. The van der Waals surface area contributed by atoms with E-state index in [4.69, 9.17) is 0 Å². The van der Waals surface area contributed by atoms with Gasteiger partial charge in [0.05, 0.1) is 0 Å². The molecule has 0 unspecified atom stereocenters. The van der Waals surface area contributed by atoms with Gasteiger partial charge in [0.1, 0.15) is 0 Å². The van der Waals surface area contributed by atoms with Crippen molar-refractivity contribution in [1.82, 2.24) is 0 Å². The molecule has 0 aliphatic heterocycles. The molecule has 0 aromatic heterocycles. The smallest absolute Gasteiger partial charge is 0.184 e. The van der Waals surface area contributed by atoms with Gasteiger partial charge < -0.3 is 0 Å². The second-order valence-corrected chi connectivity index (χ2v) is 2.15. The third-order valence-electron chi connectivity index (χ3n) is 1.21. The predicted octanol–water partition coefficient (Wildman–Crippen LogP) is 7.08. The average Bonchev–Trinajstić information content (AvgIpc) is 2.65. The molecule has 0 spiro atoms. The number of benzene rings is 2. The van der Waals surface area contributed by atoms with E-state index in [0.29, 0.717) is 0 Å². The van der Waals surface area contributed by atoms with E-state index in [1.807, 2.05) is 116 Å². The summed E-state index contributed by atoms with van der Waals surface area (Å²) in [5.41, 5.74) is 0. The van der Waals surface area contributed by atoms with Crippen LogP contribution in [0.4, 0.5) is 0 Å². The molecule has 0 amide bonds. The molecular formula is C20H34W. The van der Waals surface area contributed by atoms with Gasteiger partial charge in [0.2, 0.25) is 0 Å². The van der Waals surface area contributed by atoms with Crippen molar-refractivity contribution < 1.29 is 21.1 Å². The minimum absolute atomic E-state index is 0. The summed E-state index contributed by atoms with van der Waals surface area (Å²) >= 11 is 0. The molecule has 0 N–H and O–H groups in total. The Bertz CT molecular complexity index is 181. The van der Waals surface area contributed by atoms with Gasteiger partial charge in [0.15, 0.2) is 0 Å². The molecule has 0 radical (unpaired) electrons. The molecular weight excluding hydrogens is 424 g/mol. The Kier molecular flexibility index (Phi) is 77.8. The SMILES string of the molecule is CC.CC.CC.CC.[W+2].[c-]1ccccc1.[c-]1ccccc1. The second kappa shape index (κ2) is 50.8. The molecule has 2 aromatic rings. The fraction of sp³-hybridized carbons (Fsp3) is 0.400. The van der Waals surface area contributed by atoms with Crippen LogP contribution >= 0.6 is 0 Å². The monoisotopic (exact) mass is 458 g/mol. The Morgan fingerprint density at radius 2 is 0.571 bits per heavy atom. The molecule has 0 saturated carbocycles. The quantitative estimate of drug-likeness (QED) is 0.370. The van der Waals surface area contributed by atoms with Crippen LogP contribution in [0.25, 0.3) is 0 Å². The van der Waals surface area contributed by atoms with E-state index in [9.17, 15) is 0 Å². The van der Waals surface area contributed by atoms with Crippen LogP contribution in [-0.4, -0.2) is 0 Å². The van der Waals surface area contributed by atoms with E-state index in [1.54, 1.807) is 0 Å². The Hall–Kier alpha value is -0.872. The van der Waals surface area contributed by atoms with Crippen LogP contribution in [0.15, 0.2) is 60.7 Å². The largest absolute Gasteiger partial charge is 2.00 e. The Morgan fingerprint density at radius 1 is 0.381 bits per heavy atom. The zero-order valence-corrected chi connectivity index (χ0v) is 18.1. The fourth-order valence-electron chi connectivity index (χ4n) is 0.684. The fourth-order valence-corrected chi connectivity index (χ4v) is 0.684.